The normalized spacial score (nSPS) is 14.9. The molecule has 0 aliphatic carbocycles. The smallest absolute Gasteiger partial charge is 0.243 e. The second-order valence-electron chi connectivity index (χ2n) is 7.73. The van der Waals surface area contributed by atoms with Crippen LogP contribution in [0.15, 0.2) is 69.1 Å². The first-order valence-corrected chi connectivity index (χ1v) is 13.9. The molecule has 0 atom stereocenters. The van der Waals surface area contributed by atoms with E-state index < -0.39 is 10.0 Å². The van der Waals surface area contributed by atoms with E-state index >= 15 is 0 Å². The van der Waals surface area contributed by atoms with E-state index in [1.165, 1.54) is 4.31 Å². The lowest BCUT2D eigenvalue weighted by molar-refractivity contribution is 0.382. The first-order chi connectivity index (χ1) is 16.8. The summed E-state index contributed by atoms with van der Waals surface area (Å²) in [4.78, 5) is 19.1. The summed E-state index contributed by atoms with van der Waals surface area (Å²) in [5, 5.41) is 4.87. The van der Waals surface area contributed by atoms with Crippen LogP contribution < -0.4 is 10.2 Å². The van der Waals surface area contributed by atoms with Crippen LogP contribution in [0.4, 0.5) is 17.3 Å². The SMILES string of the molecule is O=S(=O)(c1ccc(Nc2ccnc3cc(Cl)ccc23)cc1)N1CCN(c2nc(Br)nc(Br)n2)CC1. The summed E-state index contributed by atoms with van der Waals surface area (Å²) in [7, 11) is -3.63. The topological polar surface area (TPSA) is 104 Å². The van der Waals surface area contributed by atoms with Crippen molar-refractivity contribution in [1.29, 1.82) is 0 Å². The number of rotatable bonds is 5. The van der Waals surface area contributed by atoms with Crippen LogP contribution in [0.3, 0.4) is 0 Å². The Hall–Kier alpha value is -2.38. The van der Waals surface area contributed by atoms with E-state index in [4.69, 9.17) is 11.6 Å². The fourth-order valence-corrected chi connectivity index (χ4v) is 6.31. The van der Waals surface area contributed by atoms with Gasteiger partial charge in [-0.25, -0.2) is 8.42 Å². The molecule has 2 aromatic heterocycles. The standard InChI is InChI=1S/C22H18Br2ClN7O2S/c23-20-28-21(24)30-22(29-20)31-9-11-32(12-10-31)35(33,34)16-4-2-15(3-5-16)27-18-7-8-26-19-13-14(25)1-6-17(18)19/h1-8,13H,9-12H2,(H,26,27). The molecule has 35 heavy (non-hydrogen) atoms. The number of hydrogen-bond donors (Lipinski definition) is 1. The zero-order chi connectivity index (χ0) is 24.6. The van der Waals surface area contributed by atoms with Crippen molar-refractivity contribution in [2.75, 3.05) is 36.4 Å². The summed E-state index contributed by atoms with van der Waals surface area (Å²) < 4.78 is 28.8. The molecule has 0 radical (unpaired) electrons. The van der Waals surface area contributed by atoms with E-state index in [1.807, 2.05) is 23.1 Å². The van der Waals surface area contributed by atoms with Gasteiger partial charge in [0, 0.05) is 54.2 Å². The minimum absolute atomic E-state index is 0.244. The van der Waals surface area contributed by atoms with Gasteiger partial charge in [0.1, 0.15) is 0 Å². The van der Waals surface area contributed by atoms with Gasteiger partial charge in [-0.15, -0.1) is 0 Å². The lowest BCUT2D eigenvalue weighted by Crippen LogP contribution is -2.49. The predicted octanol–water partition coefficient (Wildman–Crippen LogP) is 4.85. The highest BCUT2D eigenvalue weighted by Crippen LogP contribution is 2.28. The van der Waals surface area contributed by atoms with Crippen molar-refractivity contribution in [2.24, 2.45) is 0 Å². The number of piperazine rings is 1. The van der Waals surface area contributed by atoms with Gasteiger partial charge in [0.25, 0.3) is 0 Å². The van der Waals surface area contributed by atoms with E-state index in [-0.39, 0.29) is 4.90 Å². The molecular weight excluding hydrogens is 622 g/mol. The number of pyridine rings is 1. The quantitative estimate of drug-likeness (QED) is 0.331. The van der Waals surface area contributed by atoms with Gasteiger partial charge in [0.2, 0.25) is 25.4 Å². The number of aromatic nitrogens is 4. The fraction of sp³-hybridized carbons (Fsp3) is 0.182. The van der Waals surface area contributed by atoms with Crippen molar-refractivity contribution in [1.82, 2.24) is 24.2 Å². The van der Waals surface area contributed by atoms with E-state index in [0.717, 1.165) is 22.3 Å². The number of benzene rings is 2. The number of anilines is 3. The van der Waals surface area contributed by atoms with Crippen LogP contribution in [0.25, 0.3) is 10.9 Å². The third-order valence-corrected chi connectivity index (χ3v) is 8.42. The number of nitrogens with one attached hydrogen (secondary N) is 1. The Kier molecular flexibility index (Phi) is 6.91. The molecule has 1 aliphatic heterocycles. The van der Waals surface area contributed by atoms with Crippen LogP contribution in [0.5, 0.6) is 0 Å². The first kappa shape index (κ1) is 24.3. The Morgan fingerprint density at radius 2 is 1.57 bits per heavy atom. The molecule has 13 heteroatoms. The first-order valence-electron chi connectivity index (χ1n) is 10.5. The Morgan fingerprint density at radius 3 is 2.26 bits per heavy atom. The Morgan fingerprint density at radius 1 is 0.886 bits per heavy atom. The van der Waals surface area contributed by atoms with Crippen molar-refractivity contribution < 1.29 is 8.42 Å². The molecule has 180 valence electrons. The molecule has 0 spiro atoms. The molecule has 5 rings (SSSR count). The van der Waals surface area contributed by atoms with Crippen molar-refractivity contribution in [3.8, 4) is 0 Å². The molecule has 0 saturated carbocycles. The third kappa shape index (κ3) is 5.26. The molecule has 1 N–H and O–H groups in total. The predicted molar refractivity (Wildman–Crippen MR) is 143 cm³/mol. The summed E-state index contributed by atoms with van der Waals surface area (Å²) in [5.41, 5.74) is 2.40. The lowest BCUT2D eigenvalue weighted by atomic mass is 10.2. The van der Waals surface area contributed by atoms with Gasteiger partial charge < -0.3 is 10.2 Å². The molecule has 1 saturated heterocycles. The van der Waals surface area contributed by atoms with Gasteiger partial charge >= 0.3 is 0 Å². The maximum Gasteiger partial charge on any atom is 0.243 e. The molecule has 3 heterocycles. The Labute approximate surface area is 223 Å². The highest BCUT2D eigenvalue weighted by Gasteiger charge is 2.29. The fourth-order valence-electron chi connectivity index (χ4n) is 3.83. The second kappa shape index (κ2) is 9.94. The second-order valence-corrected chi connectivity index (χ2v) is 11.5. The van der Waals surface area contributed by atoms with E-state index in [9.17, 15) is 8.42 Å². The van der Waals surface area contributed by atoms with Crippen molar-refractivity contribution in [3.63, 3.8) is 0 Å². The van der Waals surface area contributed by atoms with Gasteiger partial charge in [0.05, 0.1) is 10.4 Å². The van der Waals surface area contributed by atoms with Gasteiger partial charge in [-0.05, 0) is 80.4 Å². The maximum atomic E-state index is 13.2. The van der Waals surface area contributed by atoms with Gasteiger partial charge in [-0.3, -0.25) is 4.98 Å². The molecule has 2 aromatic carbocycles. The van der Waals surface area contributed by atoms with Crippen molar-refractivity contribution in [3.05, 3.63) is 69.2 Å². The lowest BCUT2D eigenvalue weighted by Gasteiger charge is -2.34. The molecule has 4 aromatic rings. The highest BCUT2D eigenvalue weighted by molar-refractivity contribution is 9.11. The number of hydrogen-bond acceptors (Lipinski definition) is 8. The summed E-state index contributed by atoms with van der Waals surface area (Å²) >= 11 is 12.6. The van der Waals surface area contributed by atoms with Crippen LogP contribution >= 0.6 is 43.5 Å². The molecule has 0 bridgehead atoms. The molecule has 1 aliphatic rings. The molecule has 0 unspecified atom stereocenters. The highest BCUT2D eigenvalue weighted by atomic mass is 79.9. The molecule has 1 fully saturated rings. The Balaban J connectivity index is 1.29. The number of nitrogens with zero attached hydrogens (tertiary/aromatic N) is 6. The summed E-state index contributed by atoms with van der Waals surface area (Å²) in [6.07, 6.45) is 1.70. The van der Waals surface area contributed by atoms with Crippen LogP contribution in [0, 0.1) is 0 Å². The molecule has 0 amide bonds. The summed E-state index contributed by atoms with van der Waals surface area (Å²) in [6.45, 7) is 1.60. The zero-order valence-corrected chi connectivity index (χ0v) is 22.8. The maximum absolute atomic E-state index is 13.2. The third-order valence-electron chi connectivity index (χ3n) is 5.57. The van der Waals surface area contributed by atoms with Crippen LogP contribution in [0.1, 0.15) is 0 Å². The zero-order valence-electron chi connectivity index (χ0n) is 18.1. The number of fused-ring (bicyclic) bond motifs is 1. The van der Waals surface area contributed by atoms with E-state index in [0.29, 0.717) is 46.6 Å². The van der Waals surface area contributed by atoms with Crippen LogP contribution in [0.2, 0.25) is 5.02 Å². The largest absolute Gasteiger partial charge is 0.355 e. The summed E-state index contributed by atoms with van der Waals surface area (Å²) in [5.74, 6) is 0.497. The van der Waals surface area contributed by atoms with E-state index in [1.54, 1.807) is 36.5 Å². The van der Waals surface area contributed by atoms with Gasteiger partial charge in [0.15, 0.2) is 0 Å². The van der Waals surface area contributed by atoms with Crippen LogP contribution in [-0.2, 0) is 10.0 Å². The monoisotopic (exact) mass is 637 g/mol. The minimum Gasteiger partial charge on any atom is -0.355 e. The van der Waals surface area contributed by atoms with Crippen molar-refractivity contribution >= 4 is 81.7 Å². The van der Waals surface area contributed by atoms with Gasteiger partial charge in [-0.2, -0.15) is 19.3 Å². The average molecular weight is 640 g/mol. The summed E-state index contributed by atoms with van der Waals surface area (Å²) in [6, 6.07) is 14.1. The minimum atomic E-state index is -3.63. The number of halogens is 3. The Bertz CT molecular complexity index is 1480. The van der Waals surface area contributed by atoms with E-state index in [2.05, 4.69) is 57.1 Å². The average Bonchev–Trinajstić information content (AvgIpc) is 2.84. The van der Waals surface area contributed by atoms with Crippen LogP contribution in [-0.4, -0.2) is 58.8 Å². The van der Waals surface area contributed by atoms with Crippen molar-refractivity contribution in [2.45, 2.75) is 4.90 Å². The van der Waals surface area contributed by atoms with Gasteiger partial charge in [-0.1, -0.05) is 11.6 Å². The molecule has 9 nitrogen and oxygen atoms in total. The molecular formula is C22H18Br2ClN7O2S. The number of sulfonamides is 1.